The van der Waals surface area contributed by atoms with Crippen molar-refractivity contribution in [1.29, 1.82) is 0 Å². The Balaban J connectivity index is 2.07. The number of H-pyrrole nitrogens is 2. The van der Waals surface area contributed by atoms with E-state index < -0.39 is 5.97 Å². The first-order valence-electron chi connectivity index (χ1n) is 5.62. The van der Waals surface area contributed by atoms with Gasteiger partial charge in [0.15, 0.2) is 0 Å². The number of benzene rings is 1. The maximum Gasteiger partial charge on any atom is 0.314 e. The number of carboxylic acids is 1. The van der Waals surface area contributed by atoms with Crippen LogP contribution in [0.2, 0.25) is 0 Å². The van der Waals surface area contributed by atoms with Crippen molar-refractivity contribution in [2.45, 2.75) is 18.5 Å². The van der Waals surface area contributed by atoms with Crippen LogP contribution in [0.4, 0.5) is 0 Å². The Morgan fingerprint density at radius 2 is 2.11 bits per heavy atom. The van der Waals surface area contributed by atoms with Gasteiger partial charge in [-0.2, -0.15) is 0 Å². The summed E-state index contributed by atoms with van der Waals surface area (Å²) < 4.78 is 0. The standard InChI is InChI=1S/C13H14N2O2S/c1-9-11(7-10-5-3-2-4-6-10)15-13(14-9)18-8-12(16)17/h2-6H,7-8H2,1H3,(H,14,15)(H,16,17). The fourth-order valence-corrected chi connectivity index (χ4v) is 2.37. The van der Waals surface area contributed by atoms with Crippen LogP contribution in [0.5, 0.6) is 0 Å². The molecule has 1 aromatic heterocycles. The number of imidazole rings is 1. The Kier molecular flexibility index (Phi) is 4.04. The number of rotatable bonds is 5. The molecule has 0 aliphatic heterocycles. The number of aromatic amines is 2. The lowest BCUT2D eigenvalue weighted by Gasteiger charge is -1.96. The van der Waals surface area contributed by atoms with Crippen LogP contribution in [0.25, 0.3) is 0 Å². The van der Waals surface area contributed by atoms with Crippen LogP contribution in [-0.4, -0.2) is 16.7 Å². The quantitative estimate of drug-likeness (QED) is 0.801. The molecule has 0 spiro atoms. The molecular formula is C13H14N2O2S. The molecule has 18 heavy (non-hydrogen) atoms. The second-order valence-electron chi connectivity index (χ2n) is 4.01. The van der Waals surface area contributed by atoms with Gasteiger partial charge >= 0.3 is 5.16 Å². The molecule has 0 atom stereocenters. The first-order chi connectivity index (χ1) is 8.65. The fraction of sp³-hybridized carbons (Fsp3) is 0.231. The van der Waals surface area contributed by atoms with E-state index in [1.165, 1.54) is 17.3 Å². The Labute approximate surface area is 109 Å². The Bertz CT molecular complexity index is 537. The first-order valence-corrected chi connectivity index (χ1v) is 6.61. The van der Waals surface area contributed by atoms with Crippen LogP contribution < -0.4 is 10.1 Å². The molecule has 2 N–H and O–H groups in total. The lowest BCUT2D eigenvalue weighted by atomic mass is 10.1. The van der Waals surface area contributed by atoms with Gasteiger partial charge in [0.2, 0.25) is 0 Å². The van der Waals surface area contributed by atoms with Crippen molar-refractivity contribution in [3.8, 4) is 0 Å². The topological polar surface area (TPSA) is 70.1 Å². The molecule has 2 aromatic rings. The summed E-state index contributed by atoms with van der Waals surface area (Å²) in [6.45, 7) is 1.97. The van der Waals surface area contributed by atoms with E-state index in [1.54, 1.807) is 0 Å². The van der Waals surface area contributed by atoms with Crippen molar-refractivity contribution in [3.05, 3.63) is 47.3 Å². The van der Waals surface area contributed by atoms with Crippen LogP contribution >= 0.6 is 11.8 Å². The zero-order chi connectivity index (χ0) is 13.0. The van der Waals surface area contributed by atoms with Gasteiger partial charge in [-0.15, -0.1) is 0 Å². The van der Waals surface area contributed by atoms with Crippen LogP contribution in [-0.2, 0) is 11.2 Å². The average molecular weight is 262 g/mol. The van der Waals surface area contributed by atoms with Gasteiger partial charge in [-0.1, -0.05) is 30.3 Å². The molecule has 5 heteroatoms. The number of carboxylic acid groups (broad SMARTS) is 1. The van der Waals surface area contributed by atoms with E-state index in [0.717, 1.165) is 23.0 Å². The lowest BCUT2D eigenvalue weighted by molar-refractivity contribution is -0.435. The highest BCUT2D eigenvalue weighted by molar-refractivity contribution is 7.99. The molecule has 0 saturated heterocycles. The van der Waals surface area contributed by atoms with Gasteiger partial charge in [-0.3, -0.25) is 0 Å². The summed E-state index contributed by atoms with van der Waals surface area (Å²) in [5.41, 5.74) is 3.31. The van der Waals surface area contributed by atoms with Crippen LogP contribution in [0.1, 0.15) is 17.0 Å². The summed E-state index contributed by atoms with van der Waals surface area (Å²) in [6, 6.07) is 10.1. The van der Waals surface area contributed by atoms with E-state index in [1.807, 2.05) is 25.1 Å². The van der Waals surface area contributed by atoms with Gasteiger partial charge in [-0.05, 0) is 17.3 Å². The molecule has 0 radical (unpaired) electrons. The molecule has 4 nitrogen and oxygen atoms in total. The van der Waals surface area contributed by atoms with Crippen molar-refractivity contribution in [2.75, 3.05) is 5.75 Å². The number of aliphatic carboxylic acids is 1. The van der Waals surface area contributed by atoms with E-state index >= 15 is 0 Å². The van der Waals surface area contributed by atoms with E-state index in [9.17, 15) is 9.90 Å². The van der Waals surface area contributed by atoms with Gasteiger partial charge in [0.05, 0.1) is 5.97 Å². The molecule has 1 aromatic carbocycles. The van der Waals surface area contributed by atoms with Gasteiger partial charge in [0.1, 0.15) is 11.4 Å². The van der Waals surface area contributed by atoms with Crippen molar-refractivity contribution < 1.29 is 14.9 Å². The second-order valence-corrected chi connectivity index (χ2v) is 4.99. The average Bonchev–Trinajstić information content (AvgIpc) is 2.69. The number of nitrogens with one attached hydrogen (secondary N) is 2. The zero-order valence-corrected chi connectivity index (χ0v) is 10.8. The third-order valence-corrected chi connectivity index (χ3v) is 3.45. The van der Waals surface area contributed by atoms with Crippen molar-refractivity contribution in [1.82, 2.24) is 4.98 Å². The van der Waals surface area contributed by atoms with Crippen LogP contribution in [0.3, 0.4) is 0 Å². The highest BCUT2D eigenvalue weighted by Crippen LogP contribution is 2.14. The minimum atomic E-state index is -1.06. The van der Waals surface area contributed by atoms with Gasteiger partial charge in [0.25, 0.3) is 0 Å². The van der Waals surface area contributed by atoms with E-state index in [-0.39, 0.29) is 5.75 Å². The number of aryl methyl sites for hydroxylation is 1. The van der Waals surface area contributed by atoms with E-state index in [4.69, 9.17) is 0 Å². The molecule has 94 valence electrons. The number of carbonyl (C=O) groups excluding carboxylic acids is 1. The van der Waals surface area contributed by atoms with E-state index in [2.05, 4.69) is 22.1 Å². The molecule has 1 heterocycles. The van der Waals surface area contributed by atoms with Crippen molar-refractivity contribution in [3.63, 3.8) is 0 Å². The summed E-state index contributed by atoms with van der Waals surface area (Å²) in [7, 11) is 0. The normalized spacial score (nSPS) is 10.5. The molecule has 0 saturated carbocycles. The maximum absolute atomic E-state index is 10.4. The van der Waals surface area contributed by atoms with E-state index in [0.29, 0.717) is 0 Å². The molecule has 0 amide bonds. The summed E-state index contributed by atoms with van der Waals surface area (Å²) in [4.78, 5) is 16.7. The summed E-state index contributed by atoms with van der Waals surface area (Å²) in [5, 5.41) is 11.1. The predicted octanol–water partition coefficient (Wildman–Crippen LogP) is 0.570. The molecular weight excluding hydrogens is 248 g/mol. The number of aromatic nitrogens is 2. The molecule has 0 fully saturated rings. The molecule has 0 aliphatic carbocycles. The number of hydrogen-bond acceptors (Lipinski definition) is 3. The molecule has 0 unspecified atom stereocenters. The third kappa shape index (κ3) is 3.37. The molecule has 2 rings (SSSR count). The highest BCUT2D eigenvalue weighted by atomic mass is 32.2. The fourth-order valence-electron chi connectivity index (χ4n) is 1.69. The second kappa shape index (κ2) is 5.73. The van der Waals surface area contributed by atoms with Crippen molar-refractivity contribution >= 4 is 17.7 Å². The van der Waals surface area contributed by atoms with Crippen LogP contribution in [0.15, 0.2) is 35.5 Å². The lowest BCUT2D eigenvalue weighted by Crippen LogP contribution is -2.25. The van der Waals surface area contributed by atoms with Gasteiger partial charge in [-0.25, -0.2) is 9.97 Å². The third-order valence-electron chi connectivity index (χ3n) is 2.58. The zero-order valence-electron chi connectivity index (χ0n) is 10.0. The molecule has 0 bridgehead atoms. The molecule has 0 aliphatic rings. The number of thioether (sulfide) groups is 1. The SMILES string of the molecule is Cc1[nH]c(SCC(=O)[O-])[nH+]c1Cc1ccccc1. The smallest absolute Gasteiger partial charge is 0.314 e. The highest BCUT2D eigenvalue weighted by Gasteiger charge is 2.14. The number of carbonyl (C=O) groups is 1. The summed E-state index contributed by atoms with van der Waals surface area (Å²) >= 11 is 1.20. The van der Waals surface area contributed by atoms with Gasteiger partial charge in [0, 0.05) is 19.1 Å². The Morgan fingerprint density at radius 3 is 2.78 bits per heavy atom. The summed E-state index contributed by atoms with van der Waals surface area (Å²) in [6.07, 6.45) is 0.801. The minimum Gasteiger partial charge on any atom is -0.549 e. The Morgan fingerprint density at radius 1 is 1.39 bits per heavy atom. The maximum atomic E-state index is 10.4. The largest absolute Gasteiger partial charge is 0.549 e. The van der Waals surface area contributed by atoms with Crippen LogP contribution in [0, 0.1) is 6.92 Å². The summed E-state index contributed by atoms with van der Waals surface area (Å²) in [5.74, 6) is -1.12. The monoisotopic (exact) mass is 262 g/mol. The predicted molar refractivity (Wildman–Crippen MR) is 67.1 cm³/mol. The Hall–Kier alpha value is -1.75. The minimum absolute atomic E-state index is 0.0543. The van der Waals surface area contributed by atoms with Gasteiger partial charge < -0.3 is 9.90 Å². The first kappa shape index (κ1) is 12.7. The number of hydrogen-bond donors (Lipinski definition) is 1. The van der Waals surface area contributed by atoms with Crippen molar-refractivity contribution in [2.24, 2.45) is 0 Å².